The van der Waals surface area contributed by atoms with Crippen molar-refractivity contribution in [2.24, 2.45) is 10.9 Å². The SMILES string of the molecule is CCC(CC(N)=NO)NCCS(=O)CC. The van der Waals surface area contributed by atoms with Crippen molar-refractivity contribution in [2.75, 3.05) is 18.1 Å². The lowest BCUT2D eigenvalue weighted by atomic mass is 10.1. The summed E-state index contributed by atoms with van der Waals surface area (Å²) in [6.45, 7) is 4.64. The number of rotatable bonds is 8. The van der Waals surface area contributed by atoms with E-state index in [1.807, 2.05) is 13.8 Å². The summed E-state index contributed by atoms with van der Waals surface area (Å²) in [4.78, 5) is 0. The molecule has 2 unspecified atom stereocenters. The number of oxime groups is 1. The van der Waals surface area contributed by atoms with E-state index in [1.54, 1.807) is 0 Å². The first-order valence-corrected chi connectivity index (χ1v) is 6.67. The van der Waals surface area contributed by atoms with E-state index in [-0.39, 0.29) is 11.9 Å². The van der Waals surface area contributed by atoms with Crippen LogP contribution < -0.4 is 11.1 Å². The zero-order valence-electron chi connectivity index (χ0n) is 9.40. The molecule has 4 N–H and O–H groups in total. The van der Waals surface area contributed by atoms with Crippen LogP contribution in [0.3, 0.4) is 0 Å². The molecule has 2 atom stereocenters. The Morgan fingerprint density at radius 2 is 2.27 bits per heavy atom. The van der Waals surface area contributed by atoms with Gasteiger partial charge >= 0.3 is 0 Å². The van der Waals surface area contributed by atoms with Gasteiger partial charge in [0, 0.05) is 41.3 Å². The second-order valence-corrected chi connectivity index (χ2v) is 5.15. The van der Waals surface area contributed by atoms with Crippen molar-refractivity contribution < 1.29 is 9.42 Å². The Labute approximate surface area is 93.6 Å². The highest BCUT2D eigenvalue weighted by atomic mass is 32.2. The summed E-state index contributed by atoms with van der Waals surface area (Å²) in [5.74, 6) is 1.58. The molecule has 0 aliphatic rings. The van der Waals surface area contributed by atoms with E-state index >= 15 is 0 Å². The van der Waals surface area contributed by atoms with Crippen molar-refractivity contribution >= 4 is 16.6 Å². The molecule has 0 bridgehead atoms. The number of hydrogen-bond acceptors (Lipinski definition) is 4. The van der Waals surface area contributed by atoms with Gasteiger partial charge in [-0.3, -0.25) is 4.21 Å². The fourth-order valence-electron chi connectivity index (χ4n) is 1.18. The quantitative estimate of drug-likeness (QED) is 0.244. The molecule has 0 aromatic heterocycles. The van der Waals surface area contributed by atoms with Gasteiger partial charge in [-0.2, -0.15) is 0 Å². The van der Waals surface area contributed by atoms with Crippen molar-refractivity contribution in [3.8, 4) is 0 Å². The smallest absolute Gasteiger partial charge is 0.140 e. The molecule has 0 aliphatic heterocycles. The summed E-state index contributed by atoms with van der Waals surface area (Å²) in [5, 5.41) is 14.6. The molecule has 0 saturated heterocycles. The minimum absolute atomic E-state index is 0.190. The first-order chi connectivity index (χ1) is 7.13. The molecule has 0 aromatic carbocycles. The highest BCUT2D eigenvalue weighted by Crippen LogP contribution is 1.97. The fraction of sp³-hybridized carbons (Fsp3) is 0.889. The lowest BCUT2D eigenvalue weighted by Gasteiger charge is -2.15. The average Bonchev–Trinajstić information content (AvgIpc) is 2.26. The maximum atomic E-state index is 11.1. The Kier molecular flexibility index (Phi) is 8.31. The molecule has 0 spiro atoms. The van der Waals surface area contributed by atoms with Gasteiger partial charge < -0.3 is 16.3 Å². The predicted octanol–water partition coefficient (Wildman–Crippen LogP) is 0.260. The predicted molar refractivity (Wildman–Crippen MR) is 63.7 cm³/mol. The Morgan fingerprint density at radius 1 is 1.60 bits per heavy atom. The second kappa shape index (κ2) is 8.67. The Hall–Kier alpha value is -0.620. The summed E-state index contributed by atoms with van der Waals surface area (Å²) in [7, 11) is -0.733. The van der Waals surface area contributed by atoms with Crippen LogP contribution in [0.4, 0.5) is 0 Å². The van der Waals surface area contributed by atoms with E-state index in [4.69, 9.17) is 10.9 Å². The van der Waals surface area contributed by atoms with Gasteiger partial charge in [-0.15, -0.1) is 0 Å². The number of amidine groups is 1. The maximum Gasteiger partial charge on any atom is 0.140 e. The molecule has 6 heteroatoms. The molecule has 0 amide bonds. The third-order valence-corrected chi connectivity index (χ3v) is 3.46. The molecule has 0 saturated carbocycles. The standard InChI is InChI=1S/C9H21N3O2S/c1-3-8(7-9(10)12-13)11-5-6-15(14)4-2/h8,11,13H,3-7H2,1-2H3,(H2,10,12). The van der Waals surface area contributed by atoms with Crippen molar-refractivity contribution in [3.05, 3.63) is 0 Å². The summed E-state index contributed by atoms with van der Waals surface area (Å²) < 4.78 is 11.1. The average molecular weight is 235 g/mol. The molecular weight excluding hydrogens is 214 g/mol. The number of nitrogens with two attached hydrogens (primary N) is 1. The van der Waals surface area contributed by atoms with Crippen molar-refractivity contribution in [1.29, 1.82) is 0 Å². The molecule has 0 aliphatic carbocycles. The van der Waals surface area contributed by atoms with Crippen LogP contribution in [-0.2, 0) is 10.8 Å². The zero-order chi connectivity index (χ0) is 11.7. The lowest BCUT2D eigenvalue weighted by molar-refractivity contribution is 0.315. The number of nitrogens with one attached hydrogen (secondary N) is 1. The van der Waals surface area contributed by atoms with E-state index in [0.717, 1.165) is 6.42 Å². The normalized spacial score (nSPS) is 16.3. The van der Waals surface area contributed by atoms with Crippen molar-refractivity contribution in [3.63, 3.8) is 0 Å². The van der Waals surface area contributed by atoms with Crippen LogP contribution in [0.15, 0.2) is 5.16 Å². The van der Waals surface area contributed by atoms with Crippen LogP contribution in [0.25, 0.3) is 0 Å². The van der Waals surface area contributed by atoms with Crippen LogP contribution in [0.5, 0.6) is 0 Å². The molecule has 0 radical (unpaired) electrons. The van der Waals surface area contributed by atoms with Gasteiger partial charge in [-0.05, 0) is 6.42 Å². The first kappa shape index (κ1) is 14.4. The van der Waals surface area contributed by atoms with E-state index in [0.29, 0.717) is 24.5 Å². The summed E-state index contributed by atoms with van der Waals surface area (Å²) >= 11 is 0. The fourth-order valence-corrected chi connectivity index (χ4v) is 1.81. The van der Waals surface area contributed by atoms with Crippen LogP contribution in [0, 0.1) is 0 Å². The van der Waals surface area contributed by atoms with Gasteiger partial charge in [0.15, 0.2) is 0 Å². The molecule has 0 rings (SSSR count). The molecule has 0 aromatic rings. The largest absolute Gasteiger partial charge is 0.409 e. The van der Waals surface area contributed by atoms with Gasteiger partial charge in [0.2, 0.25) is 0 Å². The van der Waals surface area contributed by atoms with Crippen LogP contribution in [0.2, 0.25) is 0 Å². The van der Waals surface area contributed by atoms with E-state index in [1.165, 1.54) is 0 Å². The van der Waals surface area contributed by atoms with Crippen LogP contribution in [0.1, 0.15) is 26.7 Å². The summed E-state index contributed by atoms with van der Waals surface area (Å²) in [6.07, 6.45) is 1.42. The van der Waals surface area contributed by atoms with Gasteiger partial charge in [0.25, 0.3) is 0 Å². The van der Waals surface area contributed by atoms with Gasteiger partial charge in [0.05, 0.1) is 0 Å². The molecule has 0 fully saturated rings. The minimum Gasteiger partial charge on any atom is -0.409 e. The lowest BCUT2D eigenvalue weighted by Crippen LogP contribution is -2.35. The van der Waals surface area contributed by atoms with Crippen LogP contribution in [-0.4, -0.2) is 39.3 Å². The molecule has 5 nitrogen and oxygen atoms in total. The molecule has 90 valence electrons. The topological polar surface area (TPSA) is 87.7 Å². The van der Waals surface area contributed by atoms with Crippen LogP contribution >= 0.6 is 0 Å². The Balaban J connectivity index is 3.75. The van der Waals surface area contributed by atoms with E-state index < -0.39 is 10.8 Å². The highest BCUT2D eigenvalue weighted by molar-refractivity contribution is 7.84. The monoisotopic (exact) mass is 235 g/mol. The molecular formula is C9H21N3O2S. The Morgan fingerprint density at radius 3 is 2.73 bits per heavy atom. The summed E-state index contributed by atoms with van der Waals surface area (Å²) in [6, 6.07) is 0.190. The molecule has 0 heterocycles. The first-order valence-electron chi connectivity index (χ1n) is 5.18. The Bertz CT molecular complexity index is 221. The summed E-state index contributed by atoms with van der Waals surface area (Å²) in [5.41, 5.74) is 5.41. The van der Waals surface area contributed by atoms with Crippen molar-refractivity contribution in [2.45, 2.75) is 32.7 Å². The zero-order valence-corrected chi connectivity index (χ0v) is 10.2. The van der Waals surface area contributed by atoms with Gasteiger partial charge in [0.1, 0.15) is 5.84 Å². The minimum atomic E-state index is -0.733. The number of nitrogens with zero attached hydrogens (tertiary/aromatic N) is 1. The second-order valence-electron chi connectivity index (χ2n) is 3.29. The third kappa shape index (κ3) is 7.33. The number of hydrogen-bond donors (Lipinski definition) is 3. The highest BCUT2D eigenvalue weighted by Gasteiger charge is 2.08. The van der Waals surface area contributed by atoms with Crippen molar-refractivity contribution in [1.82, 2.24) is 5.32 Å². The third-order valence-electron chi connectivity index (χ3n) is 2.16. The van der Waals surface area contributed by atoms with Gasteiger partial charge in [-0.25, -0.2) is 0 Å². The maximum absolute atomic E-state index is 11.1. The van der Waals surface area contributed by atoms with E-state index in [9.17, 15) is 4.21 Å². The molecule has 15 heavy (non-hydrogen) atoms. The van der Waals surface area contributed by atoms with E-state index in [2.05, 4.69) is 10.5 Å². The van der Waals surface area contributed by atoms with Gasteiger partial charge in [-0.1, -0.05) is 19.0 Å².